The second-order valence-corrected chi connectivity index (χ2v) is 7.90. The molecule has 0 bridgehead atoms. The van der Waals surface area contributed by atoms with Crippen LogP contribution in [-0.4, -0.2) is 17.6 Å². The number of hydrogen-bond acceptors (Lipinski definition) is 6. The first-order valence-electron chi connectivity index (χ1n) is 9.27. The summed E-state index contributed by atoms with van der Waals surface area (Å²) in [7, 11) is 0. The average molecular weight is 423 g/mol. The van der Waals surface area contributed by atoms with Crippen molar-refractivity contribution in [1.29, 1.82) is 5.26 Å². The highest BCUT2D eigenvalue weighted by Gasteiger charge is 2.35. The molecule has 3 rings (SSSR count). The fourth-order valence-electron chi connectivity index (χ4n) is 3.30. The number of rotatable bonds is 6. The Morgan fingerprint density at radius 3 is 2.67 bits per heavy atom. The minimum Gasteiger partial charge on any atom is -0.468 e. The Labute approximate surface area is 179 Å². The number of furan rings is 1. The van der Waals surface area contributed by atoms with Crippen molar-refractivity contribution in [3.63, 3.8) is 0 Å². The summed E-state index contributed by atoms with van der Waals surface area (Å²) in [5, 5.41) is 16.3. The number of anilines is 1. The van der Waals surface area contributed by atoms with Crippen molar-refractivity contribution in [2.24, 2.45) is 5.73 Å². The maximum absolute atomic E-state index is 12.5. The van der Waals surface area contributed by atoms with Crippen LogP contribution in [0.1, 0.15) is 29.7 Å². The molecule has 7 nitrogen and oxygen atoms in total. The lowest BCUT2D eigenvalue weighted by Crippen LogP contribution is -2.31. The molecule has 1 aromatic heterocycles. The number of primary amides is 1. The predicted molar refractivity (Wildman–Crippen MR) is 116 cm³/mol. The number of amides is 2. The van der Waals surface area contributed by atoms with Gasteiger partial charge in [-0.25, -0.2) is 0 Å². The minimum absolute atomic E-state index is 0.0882. The Balaban J connectivity index is 1.83. The van der Waals surface area contributed by atoms with Crippen LogP contribution in [0.5, 0.6) is 0 Å². The normalized spacial score (nSPS) is 16.1. The number of aryl methyl sites for hydroxylation is 1. The Kier molecular flexibility index (Phi) is 6.33. The molecule has 0 saturated heterocycles. The van der Waals surface area contributed by atoms with E-state index in [4.69, 9.17) is 10.2 Å². The molecule has 0 spiro atoms. The topological polar surface area (TPSA) is 121 Å². The van der Waals surface area contributed by atoms with Gasteiger partial charge >= 0.3 is 0 Å². The predicted octanol–water partition coefficient (Wildman–Crippen LogP) is 3.45. The van der Waals surface area contributed by atoms with E-state index in [1.807, 2.05) is 32.0 Å². The smallest absolute Gasteiger partial charge is 0.247 e. The molecular weight excluding hydrogens is 400 g/mol. The van der Waals surface area contributed by atoms with Gasteiger partial charge in [0.1, 0.15) is 5.76 Å². The third-order valence-electron chi connectivity index (χ3n) is 4.97. The Hall–Kier alpha value is -3.44. The van der Waals surface area contributed by atoms with E-state index in [0.717, 1.165) is 16.8 Å². The highest BCUT2D eigenvalue weighted by Crippen LogP contribution is 2.40. The fraction of sp³-hybridized carbons (Fsp3) is 0.227. The summed E-state index contributed by atoms with van der Waals surface area (Å²) in [6.45, 7) is 5.64. The molecule has 1 atom stereocenters. The number of nitrogens with two attached hydrogens (primary N) is 1. The maximum atomic E-state index is 12.5. The summed E-state index contributed by atoms with van der Waals surface area (Å²) in [5.41, 5.74) is 9.50. The van der Waals surface area contributed by atoms with Crippen molar-refractivity contribution >= 4 is 29.3 Å². The Morgan fingerprint density at radius 2 is 2.03 bits per heavy atom. The number of thioether (sulfide) groups is 1. The van der Waals surface area contributed by atoms with E-state index >= 15 is 0 Å². The van der Waals surface area contributed by atoms with Crippen molar-refractivity contribution in [3.8, 4) is 6.07 Å². The lowest BCUT2D eigenvalue weighted by molar-refractivity contribution is -0.115. The summed E-state index contributed by atoms with van der Waals surface area (Å²) in [5.74, 6) is -1.01. The van der Waals surface area contributed by atoms with E-state index in [2.05, 4.69) is 16.7 Å². The van der Waals surface area contributed by atoms with Gasteiger partial charge in [0, 0.05) is 11.4 Å². The summed E-state index contributed by atoms with van der Waals surface area (Å²) in [6, 6.07) is 11.2. The Bertz CT molecular complexity index is 1090. The van der Waals surface area contributed by atoms with Crippen molar-refractivity contribution in [1.82, 2.24) is 5.32 Å². The van der Waals surface area contributed by atoms with Gasteiger partial charge in [-0.3, -0.25) is 9.59 Å². The highest BCUT2D eigenvalue weighted by atomic mass is 32.2. The lowest BCUT2D eigenvalue weighted by atomic mass is 9.86. The van der Waals surface area contributed by atoms with Gasteiger partial charge < -0.3 is 20.8 Å². The molecule has 2 heterocycles. The second-order valence-electron chi connectivity index (χ2n) is 6.92. The quantitative estimate of drug-likeness (QED) is 0.656. The number of nitriles is 1. The first-order valence-corrected chi connectivity index (χ1v) is 10.3. The van der Waals surface area contributed by atoms with Crippen LogP contribution in [0.25, 0.3) is 0 Å². The van der Waals surface area contributed by atoms with Gasteiger partial charge in [0.25, 0.3) is 0 Å². The monoisotopic (exact) mass is 422 g/mol. The van der Waals surface area contributed by atoms with Crippen LogP contribution < -0.4 is 16.4 Å². The molecule has 0 radical (unpaired) electrons. The summed E-state index contributed by atoms with van der Waals surface area (Å²) in [4.78, 5) is 24.6. The number of carbonyl (C=O) groups excluding carboxylic acids is 2. The van der Waals surface area contributed by atoms with Gasteiger partial charge in [-0.2, -0.15) is 5.26 Å². The minimum atomic E-state index is -0.715. The van der Waals surface area contributed by atoms with E-state index < -0.39 is 11.8 Å². The van der Waals surface area contributed by atoms with Gasteiger partial charge in [0.05, 0.1) is 40.2 Å². The number of hydrogen-bond donors (Lipinski definition) is 3. The van der Waals surface area contributed by atoms with Crippen molar-refractivity contribution < 1.29 is 14.0 Å². The molecule has 0 fully saturated rings. The van der Waals surface area contributed by atoms with Crippen LogP contribution in [0.2, 0.25) is 0 Å². The molecule has 1 aliphatic rings. The lowest BCUT2D eigenvalue weighted by Gasteiger charge is -2.27. The fourth-order valence-corrected chi connectivity index (χ4v) is 4.20. The number of nitrogens with zero attached hydrogens (tertiary/aromatic N) is 1. The van der Waals surface area contributed by atoms with Crippen LogP contribution >= 0.6 is 11.8 Å². The molecule has 30 heavy (non-hydrogen) atoms. The van der Waals surface area contributed by atoms with Gasteiger partial charge in [0.15, 0.2) is 0 Å². The van der Waals surface area contributed by atoms with E-state index in [1.165, 1.54) is 18.0 Å². The Morgan fingerprint density at radius 1 is 1.27 bits per heavy atom. The van der Waals surface area contributed by atoms with Gasteiger partial charge in [-0.05, 0) is 50.1 Å². The first kappa shape index (κ1) is 21.3. The van der Waals surface area contributed by atoms with Crippen molar-refractivity contribution in [2.75, 3.05) is 11.1 Å². The van der Waals surface area contributed by atoms with E-state index in [-0.39, 0.29) is 22.8 Å². The highest BCUT2D eigenvalue weighted by molar-refractivity contribution is 8.03. The molecule has 4 N–H and O–H groups in total. The standard InChI is InChI=1S/C22H22N4O3S/c1-12-6-4-7-16(13(12)2)26-18(27)11-30-22-15(10-23)20(17-8-5-9-29-17)19(21(24)28)14(3)25-22/h4-9,20,25H,11H2,1-3H3,(H2,24,28)(H,26,27)/t20-/m0/s1. The van der Waals surface area contributed by atoms with E-state index in [1.54, 1.807) is 19.1 Å². The number of allylic oxidation sites excluding steroid dienone is 2. The average Bonchev–Trinajstić information content (AvgIpc) is 3.23. The van der Waals surface area contributed by atoms with Gasteiger partial charge in [-0.1, -0.05) is 23.9 Å². The van der Waals surface area contributed by atoms with Crippen LogP contribution in [0.15, 0.2) is 62.9 Å². The largest absolute Gasteiger partial charge is 0.468 e. The molecule has 8 heteroatoms. The third kappa shape index (κ3) is 4.26. The van der Waals surface area contributed by atoms with E-state index in [9.17, 15) is 14.9 Å². The summed E-state index contributed by atoms with van der Waals surface area (Å²) in [6.07, 6.45) is 1.48. The van der Waals surface area contributed by atoms with Crippen LogP contribution in [0, 0.1) is 25.2 Å². The maximum Gasteiger partial charge on any atom is 0.247 e. The third-order valence-corrected chi connectivity index (χ3v) is 5.98. The molecule has 154 valence electrons. The van der Waals surface area contributed by atoms with Crippen molar-refractivity contribution in [2.45, 2.75) is 26.7 Å². The second kappa shape index (κ2) is 8.93. The van der Waals surface area contributed by atoms with E-state index in [0.29, 0.717) is 16.5 Å². The molecule has 1 aliphatic heterocycles. The zero-order valence-electron chi connectivity index (χ0n) is 16.9. The SMILES string of the molecule is CC1=C(C(N)=O)[C@H](c2ccco2)C(C#N)=C(SCC(=O)Nc2cccc(C)c2C)N1. The van der Waals surface area contributed by atoms with Crippen molar-refractivity contribution in [3.05, 3.63) is 75.4 Å². The molecule has 1 aromatic carbocycles. The zero-order valence-corrected chi connectivity index (χ0v) is 17.7. The van der Waals surface area contributed by atoms with Gasteiger partial charge in [0.2, 0.25) is 11.8 Å². The number of nitrogens with one attached hydrogen (secondary N) is 2. The number of benzene rings is 1. The molecule has 0 saturated carbocycles. The summed E-state index contributed by atoms with van der Waals surface area (Å²) < 4.78 is 5.47. The number of carbonyl (C=O) groups is 2. The molecule has 0 unspecified atom stereocenters. The number of dihydropyridines is 1. The molecule has 2 aromatic rings. The zero-order chi connectivity index (χ0) is 21.8. The van der Waals surface area contributed by atoms with Gasteiger partial charge in [-0.15, -0.1) is 0 Å². The van der Waals surface area contributed by atoms with Crippen LogP contribution in [0.4, 0.5) is 5.69 Å². The molecular formula is C22H22N4O3S. The molecule has 0 aliphatic carbocycles. The molecule has 2 amide bonds. The van der Waals surface area contributed by atoms with Crippen LogP contribution in [-0.2, 0) is 9.59 Å². The summed E-state index contributed by atoms with van der Waals surface area (Å²) >= 11 is 1.19. The first-order chi connectivity index (χ1) is 14.3. The van der Waals surface area contributed by atoms with Crippen LogP contribution in [0.3, 0.4) is 0 Å².